The summed E-state index contributed by atoms with van der Waals surface area (Å²) in [4.78, 5) is 18.7. The van der Waals surface area contributed by atoms with E-state index in [1.165, 1.54) is 11.8 Å². The number of carbonyl (C=O) groups excluding carboxylic acids is 1. The Labute approximate surface area is 181 Å². The Morgan fingerprint density at radius 3 is 2.60 bits per heavy atom. The Morgan fingerprint density at radius 2 is 1.90 bits per heavy atom. The van der Waals surface area contributed by atoms with Crippen molar-refractivity contribution in [3.8, 4) is 11.4 Å². The van der Waals surface area contributed by atoms with Gasteiger partial charge in [0, 0.05) is 50.5 Å². The summed E-state index contributed by atoms with van der Waals surface area (Å²) >= 11 is 1.42. The van der Waals surface area contributed by atoms with Gasteiger partial charge in [-0.2, -0.15) is 0 Å². The second-order valence-electron chi connectivity index (χ2n) is 6.74. The molecule has 0 fully saturated rings. The van der Waals surface area contributed by atoms with Crippen LogP contribution in [0.5, 0.6) is 0 Å². The number of nitrogens with zero attached hydrogens (tertiary/aromatic N) is 5. The summed E-state index contributed by atoms with van der Waals surface area (Å²) in [6.07, 6.45) is 4.31. The Morgan fingerprint density at radius 1 is 1.17 bits per heavy atom. The van der Waals surface area contributed by atoms with Crippen molar-refractivity contribution in [2.45, 2.75) is 37.2 Å². The van der Waals surface area contributed by atoms with E-state index in [1.807, 2.05) is 56.3 Å². The lowest BCUT2D eigenvalue weighted by Crippen LogP contribution is -2.33. The van der Waals surface area contributed by atoms with Gasteiger partial charge in [0.25, 0.3) is 0 Å². The van der Waals surface area contributed by atoms with Gasteiger partial charge < -0.3 is 14.2 Å². The molecule has 3 rings (SSSR count). The molecule has 3 aromatic rings. The van der Waals surface area contributed by atoms with Crippen LogP contribution in [-0.2, 0) is 16.1 Å². The average Bonchev–Trinajstić information content (AvgIpc) is 3.19. The summed E-state index contributed by atoms with van der Waals surface area (Å²) in [5.74, 6) is 0.785. The van der Waals surface area contributed by atoms with Gasteiger partial charge in [-0.1, -0.05) is 30.0 Å². The molecular formula is C22H27N5O2S. The molecule has 2 aromatic heterocycles. The zero-order valence-electron chi connectivity index (χ0n) is 17.6. The van der Waals surface area contributed by atoms with Crippen LogP contribution in [0, 0.1) is 0 Å². The van der Waals surface area contributed by atoms with Crippen molar-refractivity contribution in [1.82, 2.24) is 19.7 Å². The number of hydrogen-bond donors (Lipinski definition) is 0. The minimum atomic E-state index is -0.310. The zero-order valence-corrected chi connectivity index (χ0v) is 18.4. The Balaban J connectivity index is 1.78. The molecule has 1 atom stereocenters. The molecule has 0 spiro atoms. The smallest absolute Gasteiger partial charge is 0.240 e. The highest BCUT2D eigenvalue weighted by Gasteiger charge is 2.23. The lowest BCUT2D eigenvalue weighted by molar-refractivity contribution is -0.117. The third-order valence-corrected chi connectivity index (χ3v) is 5.70. The highest BCUT2D eigenvalue weighted by molar-refractivity contribution is 8.00. The normalized spacial score (nSPS) is 12.0. The van der Waals surface area contributed by atoms with E-state index in [0.717, 1.165) is 28.7 Å². The Bertz CT molecular complexity index is 933. The molecule has 0 N–H and O–H groups in total. The van der Waals surface area contributed by atoms with E-state index in [1.54, 1.807) is 24.3 Å². The topological polar surface area (TPSA) is 73.1 Å². The molecule has 0 bridgehead atoms. The molecular weight excluding hydrogens is 398 g/mol. The van der Waals surface area contributed by atoms with Crippen molar-refractivity contribution in [2.75, 3.05) is 25.2 Å². The predicted octanol–water partition coefficient (Wildman–Crippen LogP) is 3.91. The van der Waals surface area contributed by atoms with Crippen LogP contribution >= 0.6 is 11.8 Å². The molecule has 1 aromatic carbocycles. The van der Waals surface area contributed by atoms with Gasteiger partial charge in [-0.3, -0.25) is 9.78 Å². The fourth-order valence-corrected chi connectivity index (χ4v) is 3.99. The van der Waals surface area contributed by atoms with Crippen molar-refractivity contribution >= 4 is 23.4 Å². The van der Waals surface area contributed by atoms with Crippen LogP contribution in [0.3, 0.4) is 0 Å². The van der Waals surface area contributed by atoms with Gasteiger partial charge in [-0.15, -0.1) is 10.2 Å². The molecule has 0 aliphatic heterocycles. The maximum absolute atomic E-state index is 13.0. The zero-order chi connectivity index (χ0) is 21.3. The minimum Gasteiger partial charge on any atom is -0.382 e. The molecule has 0 saturated heterocycles. The molecule has 0 aliphatic carbocycles. The second-order valence-corrected chi connectivity index (χ2v) is 8.05. The Kier molecular flexibility index (Phi) is 7.98. The van der Waals surface area contributed by atoms with Crippen LogP contribution < -0.4 is 4.90 Å². The van der Waals surface area contributed by atoms with Gasteiger partial charge >= 0.3 is 0 Å². The summed E-state index contributed by atoms with van der Waals surface area (Å²) in [5, 5.41) is 9.20. The fourth-order valence-electron chi connectivity index (χ4n) is 3.02. The maximum atomic E-state index is 13.0. The molecule has 0 saturated carbocycles. The van der Waals surface area contributed by atoms with Crippen molar-refractivity contribution in [2.24, 2.45) is 0 Å². The van der Waals surface area contributed by atoms with E-state index in [2.05, 4.69) is 19.7 Å². The number of aromatic nitrogens is 4. The van der Waals surface area contributed by atoms with Crippen molar-refractivity contribution < 1.29 is 9.53 Å². The standard InChI is InChI=1S/C22H27N5O2S/c1-4-29-16-8-15-27-20(18-11-13-23-14-12-18)24-25-22(27)30-17(2)21(28)26(3)19-9-6-5-7-10-19/h5-7,9-14,17H,4,8,15-16H2,1-3H3/t17-/m0/s1. The van der Waals surface area contributed by atoms with Crippen LogP contribution in [0.2, 0.25) is 0 Å². The number of ether oxygens (including phenoxy) is 1. The quantitative estimate of drug-likeness (QED) is 0.362. The number of pyridine rings is 1. The summed E-state index contributed by atoms with van der Waals surface area (Å²) in [5.41, 5.74) is 1.81. The molecule has 30 heavy (non-hydrogen) atoms. The van der Waals surface area contributed by atoms with Crippen molar-refractivity contribution in [3.63, 3.8) is 0 Å². The van der Waals surface area contributed by atoms with Gasteiger partial charge in [-0.05, 0) is 44.5 Å². The Hall–Kier alpha value is -2.71. The number of anilines is 1. The van der Waals surface area contributed by atoms with Crippen molar-refractivity contribution in [1.29, 1.82) is 0 Å². The second kappa shape index (κ2) is 10.9. The third-order valence-electron chi connectivity index (χ3n) is 4.63. The first-order valence-electron chi connectivity index (χ1n) is 10.0. The van der Waals surface area contributed by atoms with Gasteiger partial charge in [0.05, 0.1) is 5.25 Å². The van der Waals surface area contributed by atoms with E-state index in [4.69, 9.17) is 4.74 Å². The number of rotatable bonds is 10. The van der Waals surface area contributed by atoms with Crippen molar-refractivity contribution in [3.05, 3.63) is 54.9 Å². The molecule has 0 radical (unpaired) electrons. The first-order valence-corrected chi connectivity index (χ1v) is 10.9. The molecule has 1 amide bonds. The maximum Gasteiger partial charge on any atom is 0.240 e. The molecule has 0 aliphatic rings. The average molecular weight is 426 g/mol. The molecule has 0 unspecified atom stereocenters. The number of thioether (sulfide) groups is 1. The number of para-hydroxylation sites is 1. The fraction of sp³-hybridized carbons (Fsp3) is 0.364. The van der Waals surface area contributed by atoms with Crippen LogP contribution in [0.25, 0.3) is 11.4 Å². The SMILES string of the molecule is CCOCCCn1c(S[C@@H](C)C(=O)N(C)c2ccccc2)nnc1-c1ccncc1. The van der Waals surface area contributed by atoms with Crippen LogP contribution in [0.1, 0.15) is 20.3 Å². The van der Waals surface area contributed by atoms with Gasteiger partial charge in [0.1, 0.15) is 0 Å². The highest BCUT2D eigenvalue weighted by Crippen LogP contribution is 2.28. The first-order chi connectivity index (χ1) is 14.6. The molecule has 7 nitrogen and oxygen atoms in total. The summed E-state index contributed by atoms with van der Waals surface area (Å²) in [6.45, 7) is 5.96. The van der Waals surface area contributed by atoms with E-state index in [-0.39, 0.29) is 11.2 Å². The van der Waals surface area contributed by atoms with Gasteiger partial charge in [0.2, 0.25) is 5.91 Å². The van der Waals surface area contributed by atoms with Crippen LogP contribution in [0.4, 0.5) is 5.69 Å². The summed E-state index contributed by atoms with van der Waals surface area (Å²) in [7, 11) is 1.80. The number of benzene rings is 1. The number of carbonyl (C=O) groups is 1. The number of amides is 1. The predicted molar refractivity (Wildman–Crippen MR) is 120 cm³/mol. The highest BCUT2D eigenvalue weighted by atomic mass is 32.2. The molecule has 8 heteroatoms. The lowest BCUT2D eigenvalue weighted by atomic mass is 10.2. The number of hydrogen-bond acceptors (Lipinski definition) is 6. The first kappa shape index (κ1) is 22.0. The minimum absolute atomic E-state index is 0.0144. The van der Waals surface area contributed by atoms with Gasteiger partial charge in [-0.25, -0.2) is 0 Å². The third kappa shape index (κ3) is 5.46. The molecule has 158 valence electrons. The lowest BCUT2D eigenvalue weighted by Gasteiger charge is -2.21. The van der Waals surface area contributed by atoms with E-state index in [9.17, 15) is 4.79 Å². The van der Waals surface area contributed by atoms with E-state index in [0.29, 0.717) is 19.8 Å². The largest absolute Gasteiger partial charge is 0.382 e. The van der Waals surface area contributed by atoms with Crippen LogP contribution in [0.15, 0.2) is 60.0 Å². The summed E-state index contributed by atoms with van der Waals surface area (Å²) in [6, 6.07) is 13.5. The van der Waals surface area contributed by atoms with E-state index < -0.39 is 0 Å². The summed E-state index contributed by atoms with van der Waals surface area (Å²) < 4.78 is 7.55. The molecule has 2 heterocycles. The van der Waals surface area contributed by atoms with E-state index >= 15 is 0 Å². The van der Waals surface area contributed by atoms with Gasteiger partial charge in [0.15, 0.2) is 11.0 Å². The monoisotopic (exact) mass is 425 g/mol. The van der Waals surface area contributed by atoms with Crippen LogP contribution in [-0.4, -0.2) is 51.2 Å².